The van der Waals surface area contributed by atoms with E-state index in [1.54, 1.807) is 0 Å². The van der Waals surface area contributed by atoms with Crippen LogP contribution in [0.2, 0.25) is 0 Å². The van der Waals surface area contributed by atoms with E-state index >= 15 is 0 Å². The molecule has 0 aliphatic carbocycles. The quantitative estimate of drug-likeness (QED) is 0.751. The lowest BCUT2D eigenvalue weighted by molar-refractivity contribution is -0.141. The van der Waals surface area contributed by atoms with Crippen LogP contribution in [0.1, 0.15) is 45.4 Å². The summed E-state index contributed by atoms with van der Waals surface area (Å²) in [7, 11) is 0. The maximum Gasteiger partial charge on any atom is 0.260 e. The molecule has 2 aliphatic rings. The minimum absolute atomic E-state index is 0.0189. The first kappa shape index (κ1) is 20.5. The highest BCUT2D eigenvalue weighted by Gasteiger charge is 2.30. The maximum absolute atomic E-state index is 12.8. The van der Waals surface area contributed by atoms with Crippen LogP contribution >= 0.6 is 0 Å². The average Bonchev–Trinajstić information content (AvgIpc) is 3.02. The molecule has 2 heterocycles. The van der Waals surface area contributed by atoms with Crippen LogP contribution in [0.3, 0.4) is 0 Å². The fourth-order valence-electron chi connectivity index (χ4n) is 3.96. The molecule has 2 aliphatic heterocycles. The minimum Gasteiger partial charge on any atom is -0.494 e. The zero-order chi connectivity index (χ0) is 19.8. The van der Waals surface area contributed by atoms with E-state index in [1.807, 2.05) is 41.0 Å². The molecule has 1 aromatic carbocycles. The Hall–Kier alpha value is -2.24. The molecule has 2 amide bonds. The second-order valence-electron chi connectivity index (χ2n) is 7.59. The largest absolute Gasteiger partial charge is 0.494 e. The molecule has 0 spiro atoms. The Balaban J connectivity index is 1.41. The van der Waals surface area contributed by atoms with Gasteiger partial charge in [-0.25, -0.2) is 0 Å². The molecule has 0 aromatic heterocycles. The Kier molecular flexibility index (Phi) is 7.57. The molecule has 6 heteroatoms. The molecule has 0 atom stereocenters. The topological polar surface area (TPSA) is 59.1 Å². The van der Waals surface area contributed by atoms with Crippen molar-refractivity contribution in [3.05, 3.63) is 24.3 Å². The molecule has 3 rings (SSSR count). The Morgan fingerprint density at radius 1 is 0.857 bits per heavy atom. The van der Waals surface area contributed by atoms with E-state index in [-0.39, 0.29) is 18.4 Å². The van der Waals surface area contributed by atoms with Gasteiger partial charge in [0.05, 0.1) is 6.61 Å². The molecule has 1 aromatic rings. The number of nitrogens with zero attached hydrogens (tertiary/aromatic N) is 2. The molecule has 154 valence electrons. The molecule has 0 saturated carbocycles. The summed E-state index contributed by atoms with van der Waals surface area (Å²) >= 11 is 0. The van der Waals surface area contributed by atoms with Gasteiger partial charge in [-0.05, 0) is 56.9 Å². The van der Waals surface area contributed by atoms with Crippen molar-refractivity contribution in [2.45, 2.75) is 45.4 Å². The highest BCUT2D eigenvalue weighted by molar-refractivity contribution is 5.80. The van der Waals surface area contributed by atoms with Crippen molar-refractivity contribution in [3.8, 4) is 11.5 Å². The van der Waals surface area contributed by atoms with Crippen LogP contribution in [-0.2, 0) is 9.59 Å². The van der Waals surface area contributed by atoms with Gasteiger partial charge in [0.25, 0.3) is 5.91 Å². The van der Waals surface area contributed by atoms with Crippen LogP contribution in [-0.4, -0.2) is 61.0 Å². The summed E-state index contributed by atoms with van der Waals surface area (Å²) in [5.41, 5.74) is 0. The fraction of sp³-hybridized carbons (Fsp3) is 0.636. The van der Waals surface area contributed by atoms with Crippen LogP contribution in [0.15, 0.2) is 24.3 Å². The van der Waals surface area contributed by atoms with Gasteiger partial charge in [0.15, 0.2) is 6.61 Å². The van der Waals surface area contributed by atoms with Crippen LogP contribution < -0.4 is 9.47 Å². The Bertz CT molecular complexity index is 630. The highest BCUT2D eigenvalue weighted by atomic mass is 16.5. The number of benzene rings is 1. The van der Waals surface area contributed by atoms with Crippen LogP contribution in [0.4, 0.5) is 0 Å². The lowest BCUT2D eigenvalue weighted by Gasteiger charge is -2.34. The lowest BCUT2D eigenvalue weighted by atomic mass is 9.95. The first-order valence-electron chi connectivity index (χ1n) is 10.6. The Morgan fingerprint density at radius 2 is 1.43 bits per heavy atom. The number of hydrogen-bond acceptors (Lipinski definition) is 4. The number of likely N-dealkylation sites (tertiary alicyclic amines) is 2. The predicted octanol–water partition coefficient (Wildman–Crippen LogP) is 3.11. The number of carbonyl (C=O) groups is 2. The monoisotopic (exact) mass is 388 g/mol. The number of ether oxygens (including phenoxy) is 2. The number of rotatable bonds is 6. The van der Waals surface area contributed by atoms with E-state index in [1.165, 1.54) is 12.8 Å². The summed E-state index contributed by atoms with van der Waals surface area (Å²) in [6.07, 6.45) is 6.20. The summed E-state index contributed by atoms with van der Waals surface area (Å²) in [5, 5.41) is 0. The van der Waals surface area contributed by atoms with E-state index in [0.29, 0.717) is 31.4 Å². The molecule has 2 fully saturated rings. The van der Waals surface area contributed by atoms with Gasteiger partial charge in [-0.2, -0.15) is 0 Å². The van der Waals surface area contributed by atoms with Gasteiger partial charge in [-0.15, -0.1) is 0 Å². The molecule has 28 heavy (non-hydrogen) atoms. The van der Waals surface area contributed by atoms with Gasteiger partial charge in [-0.3, -0.25) is 9.59 Å². The van der Waals surface area contributed by atoms with E-state index in [2.05, 4.69) is 0 Å². The summed E-state index contributed by atoms with van der Waals surface area (Å²) in [5.74, 6) is 1.78. The van der Waals surface area contributed by atoms with Crippen molar-refractivity contribution >= 4 is 11.8 Å². The van der Waals surface area contributed by atoms with E-state index < -0.39 is 0 Å². The smallest absolute Gasteiger partial charge is 0.260 e. The van der Waals surface area contributed by atoms with E-state index in [4.69, 9.17) is 9.47 Å². The van der Waals surface area contributed by atoms with E-state index in [9.17, 15) is 9.59 Å². The minimum atomic E-state index is -0.0189. The third-order valence-electron chi connectivity index (χ3n) is 5.61. The zero-order valence-corrected chi connectivity index (χ0v) is 16.9. The van der Waals surface area contributed by atoms with Gasteiger partial charge in [0, 0.05) is 32.1 Å². The van der Waals surface area contributed by atoms with Crippen molar-refractivity contribution in [2.75, 3.05) is 39.4 Å². The van der Waals surface area contributed by atoms with Gasteiger partial charge >= 0.3 is 0 Å². The van der Waals surface area contributed by atoms with Crippen LogP contribution in [0, 0.1) is 5.92 Å². The van der Waals surface area contributed by atoms with E-state index in [0.717, 1.165) is 44.5 Å². The number of amides is 2. The van der Waals surface area contributed by atoms with Crippen molar-refractivity contribution < 1.29 is 19.1 Å². The molecule has 6 nitrogen and oxygen atoms in total. The third kappa shape index (κ3) is 5.63. The fourth-order valence-corrected chi connectivity index (χ4v) is 3.96. The Labute approximate surface area is 167 Å². The summed E-state index contributed by atoms with van der Waals surface area (Å²) in [4.78, 5) is 29.1. The van der Waals surface area contributed by atoms with Crippen molar-refractivity contribution in [1.82, 2.24) is 9.80 Å². The van der Waals surface area contributed by atoms with Gasteiger partial charge in [-0.1, -0.05) is 12.8 Å². The molecular weight excluding hydrogens is 356 g/mol. The van der Waals surface area contributed by atoms with Crippen molar-refractivity contribution in [1.29, 1.82) is 0 Å². The van der Waals surface area contributed by atoms with Crippen molar-refractivity contribution in [3.63, 3.8) is 0 Å². The van der Waals surface area contributed by atoms with Gasteiger partial charge in [0.2, 0.25) is 5.91 Å². The summed E-state index contributed by atoms with van der Waals surface area (Å²) in [6, 6.07) is 7.29. The lowest BCUT2D eigenvalue weighted by Crippen LogP contribution is -2.45. The average molecular weight is 389 g/mol. The summed E-state index contributed by atoms with van der Waals surface area (Å²) < 4.78 is 11.0. The van der Waals surface area contributed by atoms with Gasteiger partial charge < -0.3 is 19.3 Å². The molecule has 0 radical (unpaired) electrons. The molecule has 0 N–H and O–H groups in total. The normalized spacial score (nSPS) is 18.5. The maximum atomic E-state index is 12.8. The summed E-state index contributed by atoms with van der Waals surface area (Å²) in [6.45, 7) is 5.65. The molecular formula is C22H32N2O4. The number of piperidine rings is 1. The second kappa shape index (κ2) is 10.3. The predicted molar refractivity (Wildman–Crippen MR) is 107 cm³/mol. The standard InChI is InChI=1S/C22H32N2O4/c1-2-27-19-7-9-20(10-8-19)28-17-21(25)23-15-11-18(12-16-23)22(26)24-13-5-3-4-6-14-24/h7-10,18H,2-6,11-17H2,1H3. The van der Waals surface area contributed by atoms with Gasteiger partial charge in [0.1, 0.15) is 11.5 Å². The first-order valence-corrected chi connectivity index (χ1v) is 10.6. The third-order valence-corrected chi connectivity index (χ3v) is 5.61. The molecule has 0 unspecified atom stereocenters. The first-order chi connectivity index (χ1) is 13.7. The SMILES string of the molecule is CCOc1ccc(OCC(=O)N2CCC(C(=O)N3CCCCCC3)CC2)cc1. The molecule has 0 bridgehead atoms. The number of carbonyl (C=O) groups excluding carboxylic acids is 2. The van der Waals surface area contributed by atoms with Crippen LogP contribution in [0.5, 0.6) is 11.5 Å². The highest BCUT2D eigenvalue weighted by Crippen LogP contribution is 2.22. The van der Waals surface area contributed by atoms with Crippen molar-refractivity contribution in [2.24, 2.45) is 5.92 Å². The number of hydrogen-bond donors (Lipinski definition) is 0. The second-order valence-corrected chi connectivity index (χ2v) is 7.59. The zero-order valence-electron chi connectivity index (χ0n) is 16.9. The Morgan fingerprint density at radius 3 is 2.00 bits per heavy atom. The van der Waals surface area contributed by atoms with Crippen LogP contribution in [0.25, 0.3) is 0 Å². The molecule has 2 saturated heterocycles.